The van der Waals surface area contributed by atoms with E-state index in [4.69, 9.17) is 9.47 Å². The number of aliphatic hydroxyl groups excluding tert-OH is 1. The first-order chi connectivity index (χ1) is 11.6. The van der Waals surface area contributed by atoms with Gasteiger partial charge in [0.1, 0.15) is 11.8 Å². The highest BCUT2D eigenvalue weighted by Crippen LogP contribution is 2.46. The van der Waals surface area contributed by atoms with Crippen LogP contribution in [-0.2, 0) is 19.1 Å². The van der Waals surface area contributed by atoms with Gasteiger partial charge in [-0.3, -0.25) is 9.59 Å². The molecule has 0 spiro atoms. The second-order valence-electron chi connectivity index (χ2n) is 7.32. The Hall–Kier alpha value is -1.06. The van der Waals surface area contributed by atoms with Gasteiger partial charge < -0.3 is 30.1 Å². The van der Waals surface area contributed by atoms with Crippen molar-refractivity contribution in [3.63, 3.8) is 0 Å². The maximum atomic E-state index is 11.6. The summed E-state index contributed by atoms with van der Waals surface area (Å²) < 4.78 is 11.3. The molecule has 8 nitrogen and oxygen atoms in total. The number of unbranched alkanes of at least 4 members (excludes halogenated alkanes) is 1. The molecule has 8 heteroatoms. The van der Waals surface area contributed by atoms with Crippen molar-refractivity contribution in [2.24, 2.45) is 11.8 Å². The number of ether oxygens (including phenoxy) is 2. The molecule has 0 radical (unpaired) electrons. The summed E-state index contributed by atoms with van der Waals surface area (Å²) in [5.41, 5.74) is 0. The number of carbonyl (C=O) groups is 2. The maximum absolute atomic E-state index is 11.6. The van der Waals surface area contributed by atoms with Crippen LogP contribution in [0.2, 0.25) is 0 Å². The zero-order valence-corrected chi connectivity index (χ0v) is 15.0. The Kier molecular flexibility index (Phi) is 6.56. The SMILES string of the molecule is CC(=O)NC1C(O)[C@@H]2C(CC2(O)O)O[C@H]1OCCCCC(=O)C(C)C. The van der Waals surface area contributed by atoms with Crippen LogP contribution in [0.3, 0.4) is 0 Å². The highest BCUT2D eigenvalue weighted by Gasteiger charge is 2.62. The summed E-state index contributed by atoms with van der Waals surface area (Å²) in [4.78, 5) is 23.0. The van der Waals surface area contributed by atoms with Gasteiger partial charge in [-0.1, -0.05) is 13.8 Å². The molecule has 1 aliphatic heterocycles. The molecular weight excluding hydrogens is 330 g/mol. The number of nitrogens with one attached hydrogen (secondary N) is 1. The topological polar surface area (TPSA) is 125 Å². The lowest BCUT2D eigenvalue weighted by atomic mass is 9.68. The number of rotatable bonds is 8. The van der Waals surface area contributed by atoms with Crippen molar-refractivity contribution in [2.75, 3.05) is 6.61 Å². The van der Waals surface area contributed by atoms with Gasteiger partial charge in [0.2, 0.25) is 5.91 Å². The van der Waals surface area contributed by atoms with Gasteiger partial charge in [0, 0.05) is 32.3 Å². The molecule has 1 aliphatic carbocycles. The fourth-order valence-corrected chi connectivity index (χ4v) is 3.38. The van der Waals surface area contributed by atoms with Crippen molar-refractivity contribution >= 4 is 11.7 Å². The molecule has 144 valence electrons. The molecule has 2 fully saturated rings. The first kappa shape index (κ1) is 20.3. The third kappa shape index (κ3) is 4.77. The molecule has 25 heavy (non-hydrogen) atoms. The quantitative estimate of drug-likeness (QED) is 0.346. The second-order valence-corrected chi connectivity index (χ2v) is 7.32. The Labute approximate surface area is 147 Å². The van der Waals surface area contributed by atoms with Crippen molar-refractivity contribution in [1.29, 1.82) is 0 Å². The molecule has 0 aromatic rings. The maximum Gasteiger partial charge on any atom is 0.217 e. The minimum absolute atomic E-state index is 0.00965. The summed E-state index contributed by atoms with van der Waals surface area (Å²) in [5, 5.41) is 32.6. The van der Waals surface area contributed by atoms with Gasteiger partial charge in [-0.25, -0.2) is 0 Å². The van der Waals surface area contributed by atoms with E-state index < -0.39 is 36.2 Å². The van der Waals surface area contributed by atoms with E-state index in [-0.39, 0.29) is 24.0 Å². The number of hydrogen-bond acceptors (Lipinski definition) is 7. The average molecular weight is 359 g/mol. The molecule has 1 heterocycles. The van der Waals surface area contributed by atoms with E-state index in [1.54, 1.807) is 0 Å². The van der Waals surface area contributed by atoms with Crippen LogP contribution in [0.4, 0.5) is 0 Å². The van der Waals surface area contributed by atoms with Crippen molar-refractivity contribution in [2.45, 2.75) is 76.8 Å². The summed E-state index contributed by atoms with van der Waals surface area (Å²) in [6, 6.07) is -0.880. The smallest absolute Gasteiger partial charge is 0.217 e. The summed E-state index contributed by atoms with van der Waals surface area (Å²) in [6.45, 7) is 5.36. The van der Waals surface area contributed by atoms with E-state index in [9.17, 15) is 24.9 Å². The molecule has 1 amide bonds. The molecule has 1 saturated heterocycles. The highest BCUT2D eigenvalue weighted by molar-refractivity contribution is 5.80. The van der Waals surface area contributed by atoms with E-state index in [2.05, 4.69) is 5.32 Å². The van der Waals surface area contributed by atoms with Crippen LogP contribution in [0.5, 0.6) is 0 Å². The van der Waals surface area contributed by atoms with Crippen LogP contribution in [0, 0.1) is 11.8 Å². The van der Waals surface area contributed by atoms with Gasteiger partial charge in [-0.2, -0.15) is 0 Å². The Morgan fingerprint density at radius 3 is 2.56 bits per heavy atom. The minimum Gasteiger partial charge on any atom is -0.390 e. The van der Waals surface area contributed by atoms with Crippen molar-refractivity contribution in [3.8, 4) is 0 Å². The van der Waals surface area contributed by atoms with Gasteiger partial charge in [0.05, 0.1) is 18.1 Å². The van der Waals surface area contributed by atoms with Gasteiger partial charge in [0.25, 0.3) is 0 Å². The van der Waals surface area contributed by atoms with Crippen LogP contribution >= 0.6 is 0 Å². The largest absolute Gasteiger partial charge is 0.390 e. The number of fused-ring (bicyclic) bond motifs is 1. The number of ketones is 1. The number of Topliss-reactive ketones (excluding diaryl/α,β-unsaturated/α-hetero) is 1. The lowest BCUT2D eigenvalue weighted by Gasteiger charge is -2.56. The lowest BCUT2D eigenvalue weighted by Crippen LogP contribution is -2.73. The van der Waals surface area contributed by atoms with Crippen LogP contribution in [0.15, 0.2) is 0 Å². The molecule has 2 aliphatic rings. The lowest BCUT2D eigenvalue weighted by molar-refractivity contribution is -0.378. The van der Waals surface area contributed by atoms with Crippen LogP contribution in [-0.4, -0.2) is 63.9 Å². The van der Waals surface area contributed by atoms with Crippen molar-refractivity contribution in [1.82, 2.24) is 5.32 Å². The van der Waals surface area contributed by atoms with Gasteiger partial charge in [-0.15, -0.1) is 0 Å². The van der Waals surface area contributed by atoms with Gasteiger partial charge in [0.15, 0.2) is 12.1 Å². The average Bonchev–Trinajstić information content (AvgIpc) is 2.48. The summed E-state index contributed by atoms with van der Waals surface area (Å²) in [6.07, 6.45) is -0.742. The summed E-state index contributed by atoms with van der Waals surface area (Å²) in [5.74, 6) is -3.02. The Morgan fingerprint density at radius 2 is 2.00 bits per heavy atom. The van der Waals surface area contributed by atoms with Crippen molar-refractivity contribution < 1.29 is 34.4 Å². The highest BCUT2D eigenvalue weighted by atomic mass is 16.7. The molecule has 3 unspecified atom stereocenters. The Morgan fingerprint density at radius 1 is 1.32 bits per heavy atom. The fourth-order valence-electron chi connectivity index (χ4n) is 3.38. The molecular formula is C17H29NO7. The normalized spacial score (nSPS) is 33.5. The van der Waals surface area contributed by atoms with Crippen LogP contribution in [0.25, 0.3) is 0 Å². The number of amides is 1. The first-order valence-electron chi connectivity index (χ1n) is 8.83. The van der Waals surface area contributed by atoms with E-state index in [0.717, 1.165) is 0 Å². The zero-order valence-electron chi connectivity index (χ0n) is 15.0. The molecule has 2 rings (SSSR count). The van der Waals surface area contributed by atoms with E-state index in [0.29, 0.717) is 25.9 Å². The zero-order chi connectivity index (χ0) is 18.8. The standard InChI is InChI=1S/C17H29NO7/c1-9(2)11(20)6-4-5-7-24-16-14(18-10(3)19)15(21)13-12(25-16)8-17(13,22)23/h9,12-16,21-23H,4-8H2,1-3H3,(H,18,19)/t12?,13-,14?,15?,16+/m0/s1. The molecule has 0 bridgehead atoms. The number of aliphatic hydroxyl groups is 3. The minimum atomic E-state index is -2.00. The summed E-state index contributed by atoms with van der Waals surface area (Å²) >= 11 is 0. The molecule has 0 aromatic carbocycles. The fraction of sp³-hybridized carbons (Fsp3) is 0.882. The molecule has 0 aromatic heterocycles. The van der Waals surface area contributed by atoms with Gasteiger partial charge >= 0.3 is 0 Å². The summed E-state index contributed by atoms with van der Waals surface area (Å²) in [7, 11) is 0. The molecule has 5 atom stereocenters. The Balaban J connectivity index is 1.85. The Bertz CT molecular complexity index is 493. The second kappa shape index (κ2) is 8.09. The van der Waals surface area contributed by atoms with Crippen molar-refractivity contribution in [3.05, 3.63) is 0 Å². The third-order valence-corrected chi connectivity index (χ3v) is 4.89. The van der Waals surface area contributed by atoms with E-state index >= 15 is 0 Å². The number of carbonyl (C=O) groups excluding carboxylic acids is 2. The monoisotopic (exact) mass is 359 g/mol. The van der Waals surface area contributed by atoms with E-state index in [1.807, 2.05) is 13.8 Å². The first-order valence-corrected chi connectivity index (χ1v) is 8.83. The van der Waals surface area contributed by atoms with Crippen LogP contribution in [0.1, 0.15) is 46.5 Å². The third-order valence-electron chi connectivity index (χ3n) is 4.89. The number of hydrogen-bond donors (Lipinski definition) is 4. The predicted molar refractivity (Wildman–Crippen MR) is 87.2 cm³/mol. The molecule has 4 N–H and O–H groups in total. The van der Waals surface area contributed by atoms with Crippen LogP contribution < -0.4 is 5.32 Å². The predicted octanol–water partition coefficient (Wildman–Crippen LogP) is -0.310. The van der Waals surface area contributed by atoms with Gasteiger partial charge in [-0.05, 0) is 12.8 Å². The van der Waals surface area contributed by atoms with E-state index in [1.165, 1.54) is 6.92 Å². The molecule has 1 saturated carbocycles.